The van der Waals surface area contributed by atoms with Gasteiger partial charge in [0, 0.05) is 12.0 Å². The van der Waals surface area contributed by atoms with Gasteiger partial charge in [-0.3, -0.25) is 4.79 Å². The number of ether oxygens (including phenoxy) is 2. The van der Waals surface area contributed by atoms with E-state index in [2.05, 4.69) is 20.8 Å². The van der Waals surface area contributed by atoms with E-state index < -0.39 is 5.41 Å². The summed E-state index contributed by atoms with van der Waals surface area (Å²) in [6.07, 6.45) is 0. The molecule has 7 heteroatoms. The molecule has 7 nitrogen and oxygen atoms in total. The number of rotatable bonds is 6. The van der Waals surface area contributed by atoms with Crippen molar-refractivity contribution in [1.29, 1.82) is 0 Å². The largest absolute Gasteiger partial charge is 0.493 e. The van der Waals surface area contributed by atoms with E-state index in [9.17, 15) is 4.79 Å². The third-order valence-corrected chi connectivity index (χ3v) is 3.51. The molecule has 0 radical (unpaired) electrons. The van der Waals surface area contributed by atoms with Crippen LogP contribution in [0.5, 0.6) is 11.5 Å². The van der Waals surface area contributed by atoms with Crippen molar-refractivity contribution in [2.24, 2.45) is 5.41 Å². The summed E-state index contributed by atoms with van der Waals surface area (Å²) in [7, 11) is 3.20. The molecular formula is C18H24N4O3. The van der Waals surface area contributed by atoms with Gasteiger partial charge in [0.25, 0.3) is 0 Å². The van der Waals surface area contributed by atoms with Gasteiger partial charge in [0.2, 0.25) is 5.91 Å². The summed E-state index contributed by atoms with van der Waals surface area (Å²) >= 11 is 0. The molecule has 0 atom stereocenters. The van der Waals surface area contributed by atoms with Gasteiger partial charge >= 0.3 is 0 Å². The van der Waals surface area contributed by atoms with Gasteiger partial charge in [-0.15, -0.1) is 10.2 Å². The average Bonchev–Trinajstić information content (AvgIpc) is 2.60. The number of benzene rings is 1. The van der Waals surface area contributed by atoms with Gasteiger partial charge in [0.05, 0.1) is 14.2 Å². The first-order valence-corrected chi connectivity index (χ1v) is 7.93. The maximum Gasteiger partial charge on any atom is 0.230 e. The topological polar surface area (TPSA) is 85.4 Å². The number of carbonyl (C=O) groups excluding carboxylic acids is 1. The van der Waals surface area contributed by atoms with Crippen LogP contribution in [0, 0.1) is 5.41 Å². The zero-order chi connectivity index (χ0) is 18.4. The molecule has 1 aromatic heterocycles. The van der Waals surface area contributed by atoms with Crippen LogP contribution in [0.4, 0.5) is 11.6 Å². The highest BCUT2D eigenvalue weighted by Crippen LogP contribution is 2.27. The number of aromatic nitrogens is 2. The molecular weight excluding hydrogens is 320 g/mol. The highest BCUT2D eigenvalue weighted by atomic mass is 16.5. The predicted octanol–water partition coefficient (Wildman–Crippen LogP) is 3.09. The smallest absolute Gasteiger partial charge is 0.230 e. The Balaban J connectivity index is 1.97. The predicted molar refractivity (Wildman–Crippen MR) is 97.0 cm³/mol. The van der Waals surface area contributed by atoms with Crippen LogP contribution in [0.2, 0.25) is 0 Å². The lowest BCUT2D eigenvalue weighted by Crippen LogP contribution is -2.28. The molecule has 0 fully saturated rings. The van der Waals surface area contributed by atoms with Crippen molar-refractivity contribution < 1.29 is 14.3 Å². The molecule has 0 saturated carbocycles. The van der Waals surface area contributed by atoms with Crippen LogP contribution in [-0.2, 0) is 11.3 Å². The minimum atomic E-state index is -0.480. The summed E-state index contributed by atoms with van der Waals surface area (Å²) in [5.41, 5.74) is 0.538. The molecule has 0 bridgehead atoms. The number of anilines is 2. The summed E-state index contributed by atoms with van der Waals surface area (Å²) in [5, 5.41) is 14.0. The molecule has 25 heavy (non-hydrogen) atoms. The second-order valence-corrected chi connectivity index (χ2v) is 6.55. The lowest BCUT2D eigenvalue weighted by Gasteiger charge is -2.16. The second-order valence-electron chi connectivity index (χ2n) is 6.55. The quantitative estimate of drug-likeness (QED) is 0.837. The third-order valence-electron chi connectivity index (χ3n) is 3.51. The zero-order valence-corrected chi connectivity index (χ0v) is 15.2. The van der Waals surface area contributed by atoms with E-state index in [4.69, 9.17) is 9.47 Å². The minimum Gasteiger partial charge on any atom is -0.493 e. The molecule has 0 saturated heterocycles. The monoisotopic (exact) mass is 344 g/mol. The Labute approximate surface area is 147 Å². The van der Waals surface area contributed by atoms with Crippen molar-refractivity contribution in [2.45, 2.75) is 27.3 Å². The number of carbonyl (C=O) groups is 1. The molecule has 2 N–H and O–H groups in total. The number of nitrogens with zero attached hydrogens (tertiary/aromatic N) is 2. The summed E-state index contributed by atoms with van der Waals surface area (Å²) in [5.74, 6) is 2.30. The van der Waals surface area contributed by atoms with E-state index in [1.165, 1.54) is 0 Å². The van der Waals surface area contributed by atoms with Gasteiger partial charge in [-0.1, -0.05) is 26.8 Å². The SMILES string of the molecule is COc1ccc(CNc2ccc(NC(=O)C(C)(C)C)nn2)cc1OC. The maximum absolute atomic E-state index is 11.9. The van der Waals surface area contributed by atoms with Crippen LogP contribution in [0.15, 0.2) is 30.3 Å². The molecule has 2 aromatic rings. The lowest BCUT2D eigenvalue weighted by atomic mass is 9.96. The molecule has 1 aromatic carbocycles. The van der Waals surface area contributed by atoms with Crippen LogP contribution in [-0.4, -0.2) is 30.3 Å². The van der Waals surface area contributed by atoms with E-state index in [0.29, 0.717) is 29.7 Å². The standard InChI is InChI=1S/C18H24N4O3/c1-18(2,3)17(23)20-16-9-8-15(21-22-16)19-11-12-6-7-13(24-4)14(10-12)25-5/h6-10H,11H2,1-5H3,(H,19,21)(H,20,22,23). The van der Waals surface area contributed by atoms with Crippen LogP contribution < -0.4 is 20.1 Å². The van der Waals surface area contributed by atoms with E-state index >= 15 is 0 Å². The van der Waals surface area contributed by atoms with Gasteiger partial charge < -0.3 is 20.1 Å². The van der Waals surface area contributed by atoms with Crippen LogP contribution >= 0.6 is 0 Å². The number of amides is 1. The van der Waals surface area contributed by atoms with Crippen molar-refractivity contribution >= 4 is 17.5 Å². The molecule has 2 rings (SSSR count). The summed E-state index contributed by atoms with van der Waals surface area (Å²) in [4.78, 5) is 11.9. The summed E-state index contributed by atoms with van der Waals surface area (Å²) in [6.45, 7) is 6.08. The maximum atomic E-state index is 11.9. The van der Waals surface area contributed by atoms with Gasteiger partial charge in [-0.2, -0.15) is 0 Å². The fraction of sp³-hybridized carbons (Fsp3) is 0.389. The fourth-order valence-electron chi connectivity index (χ4n) is 1.98. The highest BCUT2D eigenvalue weighted by Gasteiger charge is 2.21. The van der Waals surface area contributed by atoms with Gasteiger partial charge in [0.1, 0.15) is 5.82 Å². The number of nitrogens with one attached hydrogen (secondary N) is 2. The highest BCUT2D eigenvalue weighted by molar-refractivity contribution is 5.93. The van der Waals surface area contributed by atoms with Gasteiger partial charge in [0.15, 0.2) is 17.3 Å². The Morgan fingerprint density at radius 1 is 1.00 bits per heavy atom. The van der Waals surface area contributed by atoms with Gasteiger partial charge in [-0.05, 0) is 29.8 Å². The minimum absolute atomic E-state index is 0.104. The molecule has 0 aliphatic carbocycles. The molecule has 1 amide bonds. The number of hydrogen-bond donors (Lipinski definition) is 2. The first-order valence-electron chi connectivity index (χ1n) is 7.93. The fourth-order valence-corrected chi connectivity index (χ4v) is 1.98. The van der Waals surface area contributed by atoms with Crippen LogP contribution in [0.3, 0.4) is 0 Å². The Morgan fingerprint density at radius 2 is 1.64 bits per heavy atom. The Morgan fingerprint density at radius 3 is 2.20 bits per heavy atom. The van der Waals surface area contributed by atoms with Crippen molar-refractivity contribution in [3.8, 4) is 11.5 Å². The summed E-state index contributed by atoms with van der Waals surface area (Å²) < 4.78 is 10.5. The lowest BCUT2D eigenvalue weighted by molar-refractivity contribution is -0.123. The number of hydrogen-bond acceptors (Lipinski definition) is 6. The number of methoxy groups -OCH3 is 2. The van der Waals surface area contributed by atoms with Crippen molar-refractivity contribution in [3.05, 3.63) is 35.9 Å². The molecule has 1 heterocycles. The Bertz CT molecular complexity index is 724. The van der Waals surface area contributed by atoms with Crippen molar-refractivity contribution in [1.82, 2.24) is 10.2 Å². The van der Waals surface area contributed by atoms with Crippen molar-refractivity contribution in [2.75, 3.05) is 24.9 Å². The Hall–Kier alpha value is -2.83. The molecule has 134 valence electrons. The van der Waals surface area contributed by atoms with E-state index in [-0.39, 0.29) is 5.91 Å². The van der Waals surface area contributed by atoms with Crippen molar-refractivity contribution in [3.63, 3.8) is 0 Å². The second kappa shape index (κ2) is 7.83. The first-order chi connectivity index (χ1) is 11.8. The zero-order valence-electron chi connectivity index (χ0n) is 15.2. The van der Waals surface area contributed by atoms with E-state index in [1.54, 1.807) is 26.4 Å². The first kappa shape index (κ1) is 18.5. The molecule has 0 unspecified atom stereocenters. The van der Waals surface area contributed by atoms with Gasteiger partial charge in [-0.25, -0.2) is 0 Å². The normalized spacial score (nSPS) is 10.9. The van der Waals surface area contributed by atoms with E-state index in [0.717, 1.165) is 5.56 Å². The third kappa shape index (κ3) is 5.07. The molecule has 0 aliphatic heterocycles. The molecule has 0 spiro atoms. The average molecular weight is 344 g/mol. The summed E-state index contributed by atoms with van der Waals surface area (Å²) in [6, 6.07) is 9.18. The van der Waals surface area contributed by atoms with E-state index in [1.807, 2.05) is 39.0 Å². The Kier molecular flexibility index (Phi) is 5.80. The van der Waals surface area contributed by atoms with Crippen LogP contribution in [0.1, 0.15) is 26.3 Å². The van der Waals surface area contributed by atoms with Crippen LogP contribution in [0.25, 0.3) is 0 Å². The molecule has 0 aliphatic rings.